The van der Waals surface area contributed by atoms with Crippen molar-refractivity contribution >= 4 is 46.6 Å². The molecule has 7 nitrogen and oxygen atoms in total. The number of aryl methyl sites for hydroxylation is 1. The molecule has 2 N–H and O–H groups in total. The van der Waals surface area contributed by atoms with Gasteiger partial charge in [0.05, 0.1) is 0 Å². The summed E-state index contributed by atoms with van der Waals surface area (Å²) in [5, 5.41) is 7.61. The van der Waals surface area contributed by atoms with Crippen molar-refractivity contribution in [1.29, 1.82) is 0 Å². The molecule has 4 amide bonds. The Kier molecular flexibility index (Phi) is 5.35. The molecule has 1 spiro atoms. The van der Waals surface area contributed by atoms with Gasteiger partial charge in [0.1, 0.15) is 11.6 Å². The first-order valence-electron chi connectivity index (χ1n) is 9.55. The van der Waals surface area contributed by atoms with Gasteiger partial charge in [-0.25, -0.2) is 14.7 Å². The molecule has 2 aromatic rings. The maximum absolute atomic E-state index is 12.8. The third-order valence-electron chi connectivity index (χ3n) is 5.34. The van der Waals surface area contributed by atoms with E-state index >= 15 is 0 Å². The van der Waals surface area contributed by atoms with E-state index in [0.29, 0.717) is 18.5 Å². The van der Waals surface area contributed by atoms with Gasteiger partial charge in [0.25, 0.3) is 5.91 Å². The number of rotatable bonds is 5. The summed E-state index contributed by atoms with van der Waals surface area (Å²) in [7, 11) is 0. The van der Waals surface area contributed by atoms with Crippen LogP contribution < -0.4 is 10.6 Å². The Hall–Kier alpha value is -2.39. The molecule has 152 valence electrons. The number of aromatic nitrogens is 1. The van der Waals surface area contributed by atoms with Crippen LogP contribution in [0.5, 0.6) is 0 Å². The summed E-state index contributed by atoms with van der Waals surface area (Å²) in [6, 6.07) is 6.06. The number of nitrogens with one attached hydrogen (secondary N) is 2. The molecular weight excluding hydrogens is 408 g/mol. The average Bonchev–Trinajstić information content (AvgIpc) is 3.38. The maximum atomic E-state index is 12.8. The van der Waals surface area contributed by atoms with Crippen LogP contribution in [0.25, 0.3) is 0 Å². The number of carbonyl (C=O) groups is 3. The zero-order chi connectivity index (χ0) is 20.6. The largest absolute Gasteiger partial charge is 0.325 e. The predicted octanol–water partition coefficient (Wildman–Crippen LogP) is 3.79. The van der Waals surface area contributed by atoms with E-state index < -0.39 is 17.6 Å². The lowest BCUT2D eigenvalue weighted by molar-refractivity contribution is -0.136. The molecule has 0 radical (unpaired) electrons. The summed E-state index contributed by atoms with van der Waals surface area (Å²) >= 11 is 3.16. The first kappa shape index (κ1) is 19.9. The van der Waals surface area contributed by atoms with E-state index in [2.05, 4.69) is 15.6 Å². The fraction of sp³-hybridized carbons (Fsp3) is 0.400. The minimum Gasteiger partial charge on any atom is -0.324 e. The van der Waals surface area contributed by atoms with E-state index in [0.717, 1.165) is 32.7 Å². The SMILES string of the molecule is Cc1csc(Sc2ccc(NC(=O)C(C)N3C(=O)NC4(CCCC4)C3=O)cc2)n1. The second-order valence-corrected chi connectivity index (χ2v) is 9.62. The number of benzene rings is 1. The van der Waals surface area contributed by atoms with Crippen molar-refractivity contribution in [2.24, 2.45) is 0 Å². The van der Waals surface area contributed by atoms with Gasteiger partial charge in [0.2, 0.25) is 5.91 Å². The summed E-state index contributed by atoms with van der Waals surface area (Å²) in [6.45, 7) is 3.54. The van der Waals surface area contributed by atoms with Gasteiger partial charge < -0.3 is 10.6 Å². The molecule has 1 unspecified atom stereocenters. The van der Waals surface area contributed by atoms with Crippen LogP contribution in [0.15, 0.2) is 38.9 Å². The fourth-order valence-electron chi connectivity index (χ4n) is 3.76. The standard InChI is InChI=1S/C20H22N4O3S2/c1-12-11-28-19(21-12)29-15-7-5-14(6-8-15)22-16(25)13(2)24-17(26)20(23-18(24)27)9-3-4-10-20/h5-8,11,13H,3-4,9-10H2,1-2H3,(H,22,25)(H,23,27). The molecule has 1 atom stereocenters. The van der Waals surface area contributed by atoms with Crippen LogP contribution in [0.3, 0.4) is 0 Å². The number of carbonyl (C=O) groups excluding carboxylic acids is 3. The third kappa shape index (κ3) is 3.89. The Morgan fingerprint density at radius 1 is 1.28 bits per heavy atom. The molecule has 1 saturated carbocycles. The molecule has 1 aromatic heterocycles. The molecule has 29 heavy (non-hydrogen) atoms. The highest BCUT2D eigenvalue weighted by atomic mass is 32.2. The van der Waals surface area contributed by atoms with Crippen LogP contribution in [0.4, 0.5) is 10.5 Å². The minimum absolute atomic E-state index is 0.284. The van der Waals surface area contributed by atoms with Crippen molar-refractivity contribution in [2.45, 2.75) is 60.3 Å². The van der Waals surface area contributed by atoms with E-state index in [4.69, 9.17) is 0 Å². The van der Waals surface area contributed by atoms with Crippen molar-refractivity contribution in [2.75, 3.05) is 5.32 Å². The molecule has 0 bridgehead atoms. The Bertz CT molecular complexity index is 951. The number of imide groups is 1. The predicted molar refractivity (Wildman–Crippen MR) is 112 cm³/mol. The van der Waals surface area contributed by atoms with Crippen LogP contribution in [-0.4, -0.2) is 39.3 Å². The smallest absolute Gasteiger partial charge is 0.324 e. The fourth-order valence-corrected chi connectivity index (χ4v) is 5.57. The van der Waals surface area contributed by atoms with E-state index in [1.54, 1.807) is 42.2 Å². The van der Waals surface area contributed by atoms with Crippen molar-refractivity contribution in [1.82, 2.24) is 15.2 Å². The molecular formula is C20H22N4O3S2. The summed E-state index contributed by atoms with van der Waals surface area (Å²) < 4.78 is 0.965. The normalized spacial score (nSPS) is 18.9. The second kappa shape index (κ2) is 7.79. The summed E-state index contributed by atoms with van der Waals surface area (Å²) in [5.41, 5.74) is 0.804. The maximum Gasteiger partial charge on any atom is 0.325 e. The third-order valence-corrected chi connectivity index (χ3v) is 7.41. The van der Waals surface area contributed by atoms with Gasteiger partial charge in [0, 0.05) is 21.7 Å². The molecule has 9 heteroatoms. The first-order valence-corrected chi connectivity index (χ1v) is 11.2. The first-order chi connectivity index (χ1) is 13.9. The van der Waals surface area contributed by atoms with Crippen LogP contribution >= 0.6 is 23.1 Å². The highest BCUT2D eigenvalue weighted by molar-refractivity contribution is 8.01. The molecule has 2 fully saturated rings. The minimum atomic E-state index is -0.880. The summed E-state index contributed by atoms with van der Waals surface area (Å²) in [5.74, 6) is -0.673. The number of nitrogens with zero attached hydrogens (tertiary/aromatic N) is 2. The summed E-state index contributed by atoms with van der Waals surface area (Å²) in [4.78, 5) is 44.4. The van der Waals surface area contributed by atoms with E-state index in [9.17, 15) is 14.4 Å². The van der Waals surface area contributed by atoms with E-state index in [1.165, 1.54) is 0 Å². The van der Waals surface area contributed by atoms with Crippen LogP contribution in [0, 0.1) is 6.92 Å². The van der Waals surface area contributed by atoms with Crippen LogP contribution in [0.1, 0.15) is 38.3 Å². The van der Waals surface area contributed by atoms with Crippen molar-refractivity contribution in [3.63, 3.8) is 0 Å². The highest BCUT2D eigenvalue weighted by Crippen LogP contribution is 2.36. The molecule has 1 aliphatic carbocycles. The Balaban J connectivity index is 1.39. The van der Waals surface area contributed by atoms with Gasteiger partial charge in [-0.3, -0.25) is 9.59 Å². The Labute approximate surface area is 177 Å². The van der Waals surface area contributed by atoms with Gasteiger partial charge in [-0.15, -0.1) is 11.3 Å². The van der Waals surface area contributed by atoms with Crippen LogP contribution in [0.2, 0.25) is 0 Å². The zero-order valence-corrected chi connectivity index (χ0v) is 17.9. The van der Waals surface area contributed by atoms with Gasteiger partial charge in [-0.2, -0.15) is 0 Å². The van der Waals surface area contributed by atoms with Gasteiger partial charge in [0.15, 0.2) is 4.34 Å². The number of hydrogen-bond donors (Lipinski definition) is 2. The van der Waals surface area contributed by atoms with Gasteiger partial charge in [-0.1, -0.05) is 24.6 Å². The molecule has 1 aromatic carbocycles. The number of anilines is 1. The summed E-state index contributed by atoms with van der Waals surface area (Å²) in [6.07, 6.45) is 3.09. The molecule has 1 aliphatic heterocycles. The lowest BCUT2D eigenvalue weighted by Gasteiger charge is -2.23. The van der Waals surface area contributed by atoms with E-state index in [-0.39, 0.29) is 11.8 Å². The molecule has 4 rings (SSSR count). The molecule has 2 heterocycles. The zero-order valence-electron chi connectivity index (χ0n) is 16.2. The van der Waals surface area contributed by atoms with Crippen LogP contribution in [-0.2, 0) is 9.59 Å². The quantitative estimate of drug-likeness (QED) is 0.704. The monoisotopic (exact) mass is 430 g/mol. The average molecular weight is 431 g/mol. The van der Waals surface area contributed by atoms with Crippen molar-refractivity contribution < 1.29 is 14.4 Å². The number of urea groups is 1. The Morgan fingerprint density at radius 2 is 1.97 bits per heavy atom. The highest BCUT2D eigenvalue weighted by Gasteiger charge is 2.54. The number of amides is 4. The van der Waals surface area contributed by atoms with Crippen molar-refractivity contribution in [3.05, 3.63) is 35.3 Å². The lowest BCUT2D eigenvalue weighted by Crippen LogP contribution is -2.48. The molecule has 1 saturated heterocycles. The van der Waals surface area contributed by atoms with Gasteiger partial charge >= 0.3 is 6.03 Å². The van der Waals surface area contributed by atoms with Crippen molar-refractivity contribution in [3.8, 4) is 0 Å². The number of thiazole rings is 1. The lowest BCUT2D eigenvalue weighted by atomic mass is 9.97. The Morgan fingerprint density at radius 3 is 2.59 bits per heavy atom. The molecule has 2 aliphatic rings. The second-order valence-electron chi connectivity index (χ2n) is 7.44. The topological polar surface area (TPSA) is 91.4 Å². The van der Waals surface area contributed by atoms with E-state index in [1.807, 2.05) is 24.4 Å². The van der Waals surface area contributed by atoms with Gasteiger partial charge in [-0.05, 0) is 51.0 Å². The number of hydrogen-bond acceptors (Lipinski definition) is 6.